The van der Waals surface area contributed by atoms with Crippen LogP contribution in [0.1, 0.15) is 19.4 Å². The van der Waals surface area contributed by atoms with Crippen LogP contribution in [0.15, 0.2) is 42.5 Å². The number of carbonyl (C=O) groups excluding carboxylic acids is 1. The molecule has 0 aliphatic carbocycles. The summed E-state index contributed by atoms with van der Waals surface area (Å²) in [6.07, 6.45) is -1.33. The van der Waals surface area contributed by atoms with Crippen molar-refractivity contribution >= 4 is 35.0 Å². The van der Waals surface area contributed by atoms with Crippen LogP contribution in [0.4, 0.5) is 10.5 Å². The molecule has 2 aromatic rings. The average Bonchev–Trinajstić information content (AvgIpc) is 2.51. The SMILES string of the molecule is CCN(c1cccc(C)c1)C(C)OC(=O)Oc1cc(Cl)ccc1Cl. The van der Waals surface area contributed by atoms with Crippen molar-refractivity contribution in [3.05, 3.63) is 58.1 Å². The number of anilines is 1. The molecule has 0 heterocycles. The Balaban J connectivity index is 2.05. The van der Waals surface area contributed by atoms with Crippen LogP contribution in [0.3, 0.4) is 0 Å². The molecule has 0 spiro atoms. The second kappa shape index (κ2) is 8.27. The third kappa shape index (κ3) is 4.79. The molecule has 0 aromatic heterocycles. The van der Waals surface area contributed by atoms with Gasteiger partial charge in [0.1, 0.15) is 0 Å². The maximum absolute atomic E-state index is 12.0. The van der Waals surface area contributed by atoms with E-state index in [1.54, 1.807) is 19.1 Å². The molecule has 128 valence electrons. The van der Waals surface area contributed by atoms with Gasteiger partial charge < -0.3 is 14.4 Å². The van der Waals surface area contributed by atoms with Gasteiger partial charge in [-0.3, -0.25) is 0 Å². The third-order valence-corrected chi connectivity index (χ3v) is 4.01. The van der Waals surface area contributed by atoms with Crippen molar-refractivity contribution in [1.82, 2.24) is 0 Å². The van der Waals surface area contributed by atoms with Crippen LogP contribution in [0.25, 0.3) is 0 Å². The van der Waals surface area contributed by atoms with Crippen molar-refractivity contribution in [2.75, 3.05) is 11.4 Å². The molecule has 2 rings (SSSR count). The molecule has 0 aliphatic heterocycles. The van der Waals surface area contributed by atoms with E-state index in [0.29, 0.717) is 11.6 Å². The van der Waals surface area contributed by atoms with E-state index in [1.165, 1.54) is 6.07 Å². The summed E-state index contributed by atoms with van der Waals surface area (Å²) < 4.78 is 10.5. The second-order valence-electron chi connectivity index (χ2n) is 5.27. The van der Waals surface area contributed by atoms with Crippen molar-refractivity contribution in [2.45, 2.75) is 27.0 Å². The zero-order valence-corrected chi connectivity index (χ0v) is 15.3. The Hall–Kier alpha value is -1.91. The quantitative estimate of drug-likeness (QED) is 0.386. The minimum Gasteiger partial charge on any atom is -0.410 e. The number of benzene rings is 2. The largest absolute Gasteiger partial charge is 0.515 e. The standard InChI is InChI=1S/C18H19Cl2NO3/c1-4-21(15-7-5-6-12(2)10-15)13(3)23-18(22)24-17-11-14(19)8-9-16(17)20/h5-11,13H,4H2,1-3H3. The lowest BCUT2D eigenvalue weighted by Gasteiger charge is -2.29. The lowest BCUT2D eigenvalue weighted by atomic mass is 10.2. The average molecular weight is 368 g/mol. The van der Waals surface area contributed by atoms with Gasteiger partial charge >= 0.3 is 6.16 Å². The van der Waals surface area contributed by atoms with E-state index in [4.69, 9.17) is 32.7 Å². The molecule has 1 atom stereocenters. The van der Waals surface area contributed by atoms with Gasteiger partial charge in [0.2, 0.25) is 0 Å². The summed E-state index contributed by atoms with van der Waals surface area (Å²) in [6, 6.07) is 12.6. The van der Waals surface area contributed by atoms with Gasteiger partial charge in [-0.05, 0) is 50.6 Å². The number of nitrogens with zero attached hydrogens (tertiary/aromatic N) is 1. The Morgan fingerprint density at radius 3 is 2.62 bits per heavy atom. The number of hydrogen-bond acceptors (Lipinski definition) is 4. The number of rotatable bonds is 5. The highest BCUT2D eigenvalue weighted by molar-refractivity contribution is 6.34. The van der Waals surface area contributed by atoms with Crippen molar-refractivity contribution in [1.29, 1.82) is 0 Å². The topological polar surface area (TPSA) is 38.8 Å². The maximum atomic E-state index is 12.0. The summed E-state index contributed by atoms with van der Waals surface area (Å²) in [4.78, 5) is 14.0. The van der Waals surface area contributed by atoms with Crippen molar-refractivity contribution in [3.8, 4) is 5.75 Å². The summed E-state index contributed by atoms with van der Waals surface area (Å²) in [7, 11) is 0. The molecule has 0 bridgehead atoms. The second-order valence-corrected chi connectivity index (χ2v) is 6.11. The fourth-order valence-corrected chi connectivity index (χ4v) is 2.65. The van der Waals surface area contributed by atoms with Crippen LogP contribution in [0.2, 0.25) is 10.0 Å². The molecule has 6 heteroatoms. The Morgan fingerprint density at radius 2 is 1.96 bits per heavy atom. The summed E-state index contributed by atoms with van der Waals surface area (Å²) >= 11 is 11.9. The maximum Gasteiger partial charge on any atom is 0.515 e. The fraction of sp³-hybridized carbons (Fsp3) is 0.278. The molecule has 0 radical (unpaired) electrons. The predicted octanol–water partition coefficient (Wildman–Crippen LogP) is 5.69. The minimum atomic E-state index is -0.835. The Kier molecular flexibility index (Phi) is 6.35. The Morgan fingerprint density at radius 1 is 1.21 bits per heavy atom. The molecule has 0 fully saturated rings. The van der Waals surface area contributed by atoms with E-state index >= 15 is 0 Å². The smallest absolute Gasteiger partial charge is 0.410 e. The highest BCUT2D eigenvalue weighted by Gasteiger charge is 2.19. The van der Waals surface area contributed by atoms with Crippen molar-refractivity contribution in [3.63, 3.8) is 0 Å². The third-order valence-electron chi connectivity index (χ3n) is 3.47. The van der Waals surface area contributed by atoms with E-state index in [1.807, 2.05) is 43.0 Å². The van der Waals surface area contributed by atoms with Crippen LogP contribution >= 0.6 is 23.2 Å². The van der Waals surface area contributed by atoms with Gasteiger partial charge in [0.05, 0.1) is 5.02 Å². The number of aryl methyl sites for hydroxylation is 1. The summed E-state index contributed by atoms with van der Waals surface area (Å²) in [5.74, 6) is 0.167. The molecule has 0 saturated heterocycles. The molecule has 4 nitrogen and oxygen atoms in total. The summed E-state index contributed by atoms with van der Waals surface area (Å²) in [6.45, 7) is 6.46. The molecule has 0 saturated carbocycles. The van der Waals surface area contributed by atoms with Gasteiger partial charge in [-0.15, -0.1) is 0 Å². The first-order valence-electron chi connectivity index (χ1n) is 7.57. The monoisotopic (exact) mass is 367 g/mol. The molecule has 0 N–H and O–H groups in total. The van der Waals surface area contributed by atoms with Crippen LogP contribution in [-0.4, -0.2) is 18.9 Å². The van der Waals surface area contributed by atoms with Gasteiger partial charge in [0.15, 0.2) is 12.0 Å². The van der Waals surface area contributed by atoms with E-state index in [-0.39, 0.29) is 10.8 Å². The summed E-state index contributed by atoms with van der Waals surface area (Å²) in [5, 5.41) is 0.709. The number of ether oxygens (including phenoxy) is 2. The van der Waals surface area contributed by atoms with E-state index in [9.17, 15) is 4.79 Å². The predicted molar refractivity (Wildman–Crippen MR) is 97.2 cm³/mol. The zero-order chi connectivity index (χ0) is 17.7. The molecular weight excluding hydrogens is 349 g/mol. The molecule has 24 heavy (non-hydrogen) atoms. The van der Waals surface area contributed by atoms with Crippen molar-refractivity contribution in [2.24, 2.45) is 0 Å². The molecule has 1 unspecified atom stereocenters. The van der Waals surface area contributed by atoms with E-state index < -0.39 is 12.4 Å². The Bertz CT molecular complexity index is 721. The minimum absolute atomic E-state index is 0.167. The zero-order valence-electron chi connectivity index (χ0n) is 13.8. The van der Waals surface area contributed by atoms with Gasteiger partial charge in [-0.25, -0.2) is 4.79 Å². The van der Waals surface area contributed by atoms with Crippen LogP contribution < -0.4 is 9.64 Å². The molecule has 0 amide bonds. The molecular formula is C18H19Cl2NO3. The van der Waals surface area contributed by atoms with Gasteiger partial charge in [-0.2, -0.15) is 0 Å². The number of hydrogen-bond donors (Lipinski definition) is 0. The Labute approximate surface area is 151 Å². The van der Waals surface area contributed by atoms with Gasteiger partial charge in [0.25, 0.3) is 0 Å². The van der Waals surface area contributed by atoms with E-state index in [0.717, 1.165) is 11.3 Å². The normalized spacial score (nSPS) is 11.7. The van der Waals surface area contributed by atoms with Crippen molar-refractivity contribution < 1.29 is 14.3 Å². The summed E-state index contributed by atoms with van der Waals surface area (Å²) in [5.41, 5.74) is 2.10. The first-order chi connectivity index (χ1) is 11.4. The highest BCUT2D eigenvalue weighted by atomic mass is 35.5. The van der Waals surface area contributed by atoms with Crippen LogP contribution in [0.5, 0.6) is 5.75 Å². The lowest BCUT2D eigenvalue weighted by molar-refractivity contribution is 0.0646. The first-order valence-corrected chi connectivity index (χ1v) is 8.33. The van der Waals surface area contributed by atoms with Gasteiger partial charge in [0, 0.05) is 23.3 Å². The molecule has 0 aliphatic rings. The lowest BCUT2D eigenvalue weighted by Crippen LogP contribution is -2.37. The number of halogens is 2. The van der Waals surface area contributed by atoms with Crippen LogP contribution in [-0.2, 0) is 4.74 Å². The number of carbonyl (C=O) groups is 1. The van der Waals surface area contributed by atoms with Crippen LogP contribution in [0, 0.1) is 6.92 Å². The fourth-order valence-electron chi connectivity index (χ4n) is 2.33. The van der Waals surface area contributed by atoms with E-state index in [2.05, 4.69) is 0 Å². The first kappa shape index (κ1) is 18.4. The van der Waals surface area contributed by atoms with Gasteiger partial charge in [-0.1, -0.05) is 35.3 Å². The molecule has 2 aromatic carbocycles. The highest BCUT2D eigenvalue weighted by Crippen LogP contribution is 2.28.